The molecule has 1 saturated heterocycles. The average molecular weight is 255 g/mol. The molecule has 2 rings (SSSR count). The van der Waals surface area contributed by atoms with Crippen molar-refractivity contribution >= 4 is 27.6 Å². The van der Waals surface area contributed by atoms with Crippen LogP contribution in [0.3, 0.4) is 0 Å². The summed E-state index contributed by atoms with van der Waals surface area (Å²) in [5.41, 5.74) is 0.941. The first kappa shape index (κ1) is 9.52. The number of hydrogen-bond donors (Lipinski definition) is 1. The van der Waals surface area contributed by atoms with Gasteiger partial charge in [-0.1, -0.05) is 22.0 Å². The number of carbonyl (C=O) groups excluding carboxylic acids is 1. The summed E-state index contributed by atoms with van der Waals surface area (Å²) < 4.78 is 0.994. The molecule has 1 heterocycles. The maximum atomic E-state index is 11.5. The predicted octanol–water partition coefficient (Wildman–Crippen LogP) is 2.37. The quantitative estimate of drug-likeness (QED) is 0.820. The molecule has 2 amide bonds. The van der Waals surface area contributed by atoms with Gasteiger partial charge in [-0.15, -0.1) is 0 Å². The molecule has 1 fully saturated rings. The summed E-state index contributed by atoms with van der Waals surface area (Å²) in [4.78, 5) is 13.3. The van der Waals surface area contributed by atoms with Crippen LogP contribution in [0.15, 0.2) is 28.7 Å². The molecule has 14 heavy (non-hydrogen) atoms. The minimum atomic E-state index is -0.00523. The highest BCUT2D eigenvalue weighted by molar-refractivity contribution is 9.10. The number of carbonyl (C=O) groups is 1. The minimum Gasteiger partial charge on any atom is -0.338 e. The van der Waals surface area contributed by atoms with E-state index >= 15 is 0 Å². The number of anilines is 1. The van der Waals surface area contributed by atoms with Gasteiger partial charge in [-0.25, -0.2) is 4.79 Å². The number of amides is 2. The van der Waals surface area contributed by atoms with Gasteiger partial charge < -0.3 is 5.32 Å². The van der Waals surface area contributed by atoms with Gasteiger partial charge in [0.25, 0.3) is 0 Å². The summed E-state index contributed by atoms with van der Waals surface area (Å²) in [6.45, 7) is 1.58. The number of rotatable bonds is 1. The third-order valence-corrected chi connectivity index (χ3v) is 2.69. The summed E-state index contributed by atoms with van der Waals surface area (Å²) in [6, 6.07) is 7.77. The second-order valence-electron chi connectivity index (χ2n) is 3.22. The van der Waals surface area contributed by atoms with E-state index in [1.54, 1.807) is 4.90 Å². The van der Waals surface area contributed by atoms with Crippen molar-refractivity contribution in [2.75, 3.05) is 18.0 Å². The van der Waals surface area contributed by atoms with Crippen LogP contribution < -0.4 is 10.2 Å². The topological polar surface area (TPSA) is 32.3 Å². The van der Waals surface area contributed by atoms with E-state index in [9.17, 15) is 4.79 Å². The molecule has 1 aliphatic rings. The Bertz CT molecular complexity index is 354. The van der Waals surface area contributed by atoms with Gasteiger partial charge in [-0.05, 0) is 24.6 Å². The molecule has 0 aromatic heterocycles. The molecular formula is C10H11BrN2O. The van der Waals surface area contributed by atoms with E-state index in [-0.39, 0.29) is 6.03 Å². The van der Waals surface area contributed by atoms with Crippen LogP contribution in [0.1, 0.15) is 6.42 Å². The van der Waals surface area contributed by atoms with Crippen LogP contribution in [0.4, 0.5) is 10.5 Å². The lowest BCUT2D eigenvalue weighted by atomic mass is 10.2. The summed E-state index contributed by atoms with van der Waals surface area (Å²) in [5.74, 6) is 0. The first-order valence-corrected chi connectivity index (χ1v) is 5.37. The largest absolute Gasteiger partial charge is 0.338 e. The fraction of sp³-hybridized carbons (Fsp3) is 0.300. The van der Waals surface area contributed by atoms with E-state index in [0.717, 1.165) is 29.7 Å². The molecule has 3 nitrogen and oxygen atoms in total. The highest BCUT2D eigenvalue weighted by Crippen LogP contribution is 2.21. The van der Waals surface area contributed by atoms with Gasteiger partial charge in [-0.2, -0.15) is 0 Å². The predicted molar refractivity (Wildman–Crippen MR) is 59.5 cm³/mol. The van der Waals surface area contributed by atoms with Crippen LogP contribution in [0.5, 0.6) is 0 Å². The Kier molecular flexibility index (Phi) is 2.72. The summed E-state index contributed by atoms with van der Waals surface area (Å²) in [6.07, 6.45) is 0.998. The summed E-state index contributed by atoms with van der Waals surface area (Å²) in [7, 11) is 0. The Labute approximate surface area is 91.2 Å². The van der Waals surface area contributed by atoms with E-state index in [4.69, 9.17) is 0 Å². The third kappa shape index (κ3) is 1.90. The van der Waals surface area contributed by atoms with E-state index in [1.165, 1.54) is 0 Å². The molecule has 0 atom stereocenters. The van der Waals surface area contributed by atoms with Crippen molar-refractivity contribution in [1.82, 2.24) is 5.32 Å². The fourth-order valence-electron chi connectivity index (χ4n) is 1.52. The van der Waals surface area contributed by atoms with E-state index in [2.05, 4.69) is 21.2 Å². The van der Waals surface area contributed by atoms with Crippen molar-refractivity contribution in [3.8, 4) is 0 Å². The lowest BCUT2D eigenvalue weighted by Gasteiger charge is -2.27. The van der Waals surface area contributed by atoms with Crippen molar-refractivity contribution in [3.63, 3.8) is 0 Å². The molecule has 0 aliphatic carbocycles. The SMILES string of the molecule is O=C1NCCCN1c1cccc(Br)c1. The molecule has 0 saturated carbocycles. The fourth-order valence-corrected chi connectivity index (χ4v) is 1.91. The molecule has 74 valence electrons. The van der Waals surface area contributed by atoms with Crippen LogP contribution >= 0.6 is 15.9 Å². The van der Waals surface area contributed by atoms with Gasteiger partial charge >= 0.3 is 6.03 Å². The first-order chi connectivity index (χ1) is 6.77. The smallest absolute Gasteiger partial charge is 0.321 e. The Morgan fingerprint density at radius 1 is 1.43 bits per heavy atom. The second kappa shape index (κ2) is 4.00. The van der Waals surface area contributed by atoms with E-state index in [0.29, 0.717) is 0 Å². The zero-order valence-corrected chi connectivity index (χ0v) is 9.25. The standard InChI is InChI=1S/C10H11BrN2O/c11-8-3-1-4-9(7-8)13-6-2-5-12-10(13)14/h1,3-4,7H,2,5-6H2,(H,12,14). The number of urea groups is 1. The molecule has 0 bridgehead atoms. The summed E-state index contributed by atoms with van der Waals surface area (Å²) in [5, 5.41) is 2.82. The Hall–Kier alpha value is -1.03. The zero-order chi connectivity index (χ0) is 9.97. The Morgan fingerprint density at radius 3 is 3.00 bits per heavy atom. The number of hydrogen-bond acceptors (Lipinski definition) is 1. The van der Waals surface area contributed by atoms with Crippen molar-refractivity contribution in [2.45, 2.75) is 6.42 Å². The van der Waals surface area contributed by atoms with Crippen molar-refractivity contribution < 1.29 is 4.79 Å². The molecular weight excluding hydrogens is 244 g/mol. The van der Waals surface area contributed by atoms with Crippen LogP contribution in [-0.4, -0.2) is 19.1 Å². The van der Waals surface area contributed by atoms with Crippen LogP contribution in [0.2, 0.25) is 0 Å². The molecule has 4 heteroatoms. The molecule has 1 aliphatic heterocycles. The van der Waals surface area contributed by atoms with Crippen molar-refractivity contribution in [3.05, 3.63) is 28.7 Å². The highest BCUT2D eigenvalue weighted by Gasteiger charge is 2.18. The Balaban J connectivity index is 2.24. The number of nitrogens with one attached hydrogen (secondary N) is 1. The maximum absolute atomic E-state index is 11.5. The van der Waals surface area contributed by atoms with Crippen LogP contribution in [0.25, 0.3) is 0 Å². The number of nitrogens with zero attached hydrogens (tertiary/aromatic N) is 1. The van der Waals surface area contributed by atoms with Gasteiger partial charge in [-0.3, -0.25) is 4.90 Å². The minimum absolute atomic E-state index is 0.00523. The maximum Gasteiger partial charge on any atom is 0.321 e. The van der Waals surface area contributed by atoms with Gasteiger partial charge in [0.2, 0.25) is 0 Å². The van der Waals surface area contributed by atoms with Crippen LogP contribution in [0, 0.1) is 0 Å². The number of halogens is 1. The normalized spacial score (nSPS) is 16.6. The zero-order valence-electron chi connectivity index (χ0n) is 7.66. The molecule has 0 radical (unpaired) electrons. The van der Waals surface area contributed by atoms with Crippen molar-refractivity contribution in [1.29, 1.82) is 0 Å². The van der Waals surface area contributed by atoms with E-state index < -0.39 is 0 Å². The monoisotopic (exact) mass is 254 g/mol. The Morgan fingerprint density at radius 2 is 2.29 bits per heavy atom. The van der Waals surface area contributed by atoms with Crippen LogP contribution in [-0.2, 0) is 0 Å². The average Bonchev–Trinajstić information content (AvgIpc) is 2.18. The third-order valence-electron chi connectivity index (χ3n) is 2.20. The summed E-state index contributed by atoms with van der Waals surface area (Å²) >= 11 is 3.39. The molecule has 0 spiro atoms. The van der Waals surface area contributed by atoms with E-state index in [1.807, 2.05) is 24.3 Å². The van der Waals surface area contributed by atoms with Gasteiger partial charge in [0.05, 0.1) is 0 Å². The van der Waals surface area contributed by atoms with Gasteiger partial charge in [0, 0.05) is 23.2 Å². The highest BCUT2D eigenvalue weighted by atomic mass is 79.9. The van der Waals surface area contributed by atoms with Gasteiger partial charge in [0.15, 0.2) is 0 Å². The van der Waals surface area contributed by atoms with Crippen molar-refractivity contribution in [2.24, 2.45) is 0 Å². The molecule has 1 aromatic rings. The lowest BCUT2D eigenvalue weighted by Crippen LogP contribution is -2.46. The lowest BCUT2D eigenvalue weighted by molar-refractivity contribution is 0.243. The molecule has 1 aromatic carbocycles. The number of benzene rings is 1. The molecule has 1 N–H and O–H groups in total. The van der Waals surface area contributed by atoms with Gasteiger partial charge in [0.1, 0.15) is 0 Å². The first-order valence-electron chi connectivity index (χ1n) is 4.58. The molecule has 0 unspecified atom stereocenters. The second-order valence-corrected chi connectivity index (χ2v) is 4.13.